The number of nitrogens with one attached hydrogen (secondary N) is 1. The number of nitrogens with zero attached hydrogens (tertiary/aromatic N) is 5. The lowest BCUT2D eigenvalue weighted by molar-refractivity contribution is -0.384. The molecule has 0 spiro atoms. The number of non-ortho nitro benzene ring substituents is 1. The summed E-state index contributed by atoms with van der Waals surface area (Å²) in [6, 6.07) is 12.9. The zero-order valence-corrected chi connectivity index (χ0v) is 14.3. The van der Waals surface area contributed by atoms with E-state index in [-0.39, 0.29) is 24.0 Å². The Morgan fingerprint density at radius 1 is 1.16 bits per heavy atom. The summed E-state index contributed by atoms with van der Waals surface area (Å²) in [5, 5.41) is 25.2. The number of hydrogen-bond donors (Lipinski definition) is 1. The summed E-state index contributed by atoms with van der Waals surface area (Å²) in [4.78, 5) is 23.3. The highest BCUT2D eigenvalue weighted by Gasteiger charge is 2.11. The predicted octanol–water partition coefficient (Wildman–Crippen LogP) is 2.65. The molecule has 1 amide bonds. The van der Waals surface area contributed by atoms with E-state index in [4.69, 9.17) is 0 Å². The van der Waals surface area contributed by atoms with Crippen molar-refractivity contribution in [2.45, 2.75) is 6.54 Å². The molecule has 10 heteroatoms. The summed E-state index contributed by atoms with van der Waals surface area (Å²) >= 11 is 3.32. The van der Waals surface area contributed by atoms with Crippen molar-refractivity contribution in [2.75, 3.05) is 5.32 Å². The Hall–Kier alpha value is -3.14. The number of amides is 1. The molecule has 0 bridgehead atoms. The second-order valence-electron chi connectivity index (χ2n) is 5.00. The van der Waals surface area contributed by atoms with Crippen LogP contribution in [0.15, 0.2) is 53.0 Å². The number of benzene rings is 2. The van der Waals surface area contributed by atoms with Gasteiger partial charge in [-0.1, -0.05) is 15.9 Å². The summed E-state index contributed by atoms with van der Waals surface area (Å²) in [7, 11) is 0. The number of carbonyl (C=O) groups excluding carboxylic acids is 1. The molecule has 0 fully saturated rings. The van der Waals surface area contributed by atoms with E-state index in [1.54, 1.807) is 12.1 Å². The Morgan fingerprint density at radius 2 is 1.84 bits per heavy atom. The Bertz CT molecular complexity index is 908. The molecule has 1 N–H and O–H groups in total. The zero-order valence-electron chi connectivity index (χ0n) is 12.7. The Kier molecular flexibility index (Phi) is 4.80. The molecule has 126 valence electrons. The van der Waals surface area contributed by atoms with Crippen LogP contribution in [0, 0.1) is 10.1 Å². The minimum Gasteiger partial charge on any atom is -0.324 e. The number of aromatic nitrogens is 4. The summed E-state index contributed by atoms with van der Waals surface area (Å²) in [6.45, 7) is -0.101. The lowest BCUT2D eigenvalue weighted by atomic mass is 10.2. The highest BCUT2D eigenvalue weighted by atomic mass is 79.9. The zero-order chi connectivity index (χ0) is 17.8. The van der Waals surface area contributed by atoms with Gasteiger partial charge in [0.15, 0.2) is 0 Å². The highest BCUT2D eigenvalue weighted by molar-refractivity contribution is 9.10. The van der Waals surface area contributed by atoms with Gasteiger partial charge in [-0.05, 0) is 41.6 Å². The van der Waals surface area contributed by atoms with Gasteiger partial charge >= 0.3 is 0 Å². The molecule has 1 heterocycles. The number of tetrazole rings is 1. The smallest absolute Gasteiger partial charge is 0.269 e. The largest absolute Gasteiger partial charge is 0.324 e. The summed E-state index contributed by atoms with van der Waals surface area (Å²) in [5.74, 6) is -0.0127. The Labute approximate surface area is 149 Å². The minimum atomic E-state index is -0.486. The molecule has 1 aromatic heterocycles. The second kappa shape index (κ2) is 7.18. The number of nitro groups is 1. The number of rotatable bonds is 5. The maximum atomic E-state index is 12.0. The fraction of sp³-hybridized carbons (Fsp3) is 0.0667. The maximum absolute atomic E-state index is 12.0. The Balaban J connectivity index is 1.65. The van der Waals surface area contributed by atoms with E-state index in [1.165, 1.54) is 24.3 Å². The van der Waals surface area contributed by atoms with Crippen molar-refractivity contribution in [3.63, 3.8) is 0 Å². The van der Waals surface area contributed by atoms with Crippen LogP contribution in [-0.2, 0) is 11.3 Å². The quantitative estimate of drug-likeness (QED) is 0.517. The summed E-state index contributed by atoms with van der Waals surface area (Å²) < 4.78 is 0.913. The van der Waals surface area contributed by atoms with E-state index in [0.717, 1.165) is 9.27 Å². The average Bonchev–Trinajstić information content (AvgIpc) is 3.05. The van der Waals surface area contributed by atoms with Gasteiger partial charge in [-0.3, -0.25) is 14.9 Å². The van der Waals surface area contributed by atoms with Crippen molar-refractivity contribution in [1.82, 2.24) is 20.2 Å². The minimum absolute atomic E-state index is 0.0231. The van der Waals surface area contributed by atoms with E-state index >= 15 is 0 Å². The molecule has 3 aromatic rings. The van der Waals surface area contributed by atoms with Crippen LogP contribution in [0.1, 0.15) is 0 Å². The van der Waals surface area contributed by atoms with Crippen LogP contribution >= 0.6 is 15.9 Å². The molecule has 0 atom stereocenters. The number of nitro benzene ring substituents is 1. The molecular weight excluding hydrogens is 392 g/mol. The monoisotopic (exact) mass is 402 g/mol. The molecule has 9 nitrogen and oxygen atoms in total. The predicted molar refractivity (Wildman–Crippen MR) is 92.7 cm³/mol. The van der Waals surface area contributed by atoms with Gasteiger partial charge in [-0.2, -0.15) is 4.80 Å². The Morgan fingerprint density at radius 3 is 2.48 bits per heavy atom. The molecule has 2 aromatic carbocycles. The van der Waals surface area contributed by atoms with E-state index in [0.29, 0.717) is 11.3 Å². The van der Waals surface area contributed by atoms with Crippen LogP contribution in [0.2, 0.25) is 0 Å². The number of hydrogen-bond acceptors (Lipinski definition) is 6. The number of carbonyl (C=O) groups is 1. The van der Waals surface area contributed by atoms with Crippen molar-refractivity contribution < 1.29 is 9.72 Å². The van der Waals surface area contributed by atoms with Gasteiger partial charge in [0.25, 0.3) is 5.69 Å². The third-order valence-electron chi connectivity index (χ3n) is 3.20. The lowest BCUT2D eigenvalue weighted by Crippen LogP contribution is -2.20. The van der Waals surface area contributed by atoms with Crippen molar-refractivity contribution in [3.05, 3.63) is 63.1 Å². The summed E-state index contributed by atoms with van der Waals surface area (Å²) in [5.41, 5.74) is 1.21. The number of halogens is 1. The van der Waals surface area contributed by atoms with Crippen molar-refractivity contribution in [1.29, 1.82) is 0 Å². The van der Waals surface area contributed by atoms with E-state index in [2.05, 4.69) is 36.7 Å². The van der Waals surface area contributed by atoms with Gasteiger partial charge < -0.3 is 5.32 Å². The van der Waals surface area contributed by atoms with E-state index in [1.807, 2.05) is 12.1 Å². The van der Waals surface area contributed by atoms with Gasteiger partial charge in [0.1, 0.15) is 6.54 Å². The standard InChI is InChI=1S/C15H11BrN6O3/c16-11-3-5-12(6-4-11)17-14(23)9-21-19-15(18-20-21)10-1-7-13(8-2-10)22(24)25/h1-8H,9H2,(H,17,23). The van der Waals surface area contributed by atoms with Crippen LogP contribution in [0.25, 0.3) is 11.4 Å². The van der Waals surface area contributed by atoms with Gasteiger partial charge in [-0.25, -0.2) is 0 Å². The SMILES string of the molecule is O=C(Cn1nnc(-c2ccc([N+](=O)[O-])cc2)n1)Nc1ccc(Br)cc1. The first-order valence-electron chi connectivity index (χ1n) is 7.09. The molecule has 0 aliphatic heterocycles. The normalized spacial score (nSPS) is 10.4. The molecule has 0 aliphatic rings. The molecule has 0 aliphatic carbocycles. The highest BCUT2D eigenvalue weighted by Crippen LogP contribution is 2.18. The van der Waals surface area contributed by atoms with Gasteiger partial charge in [0.2, 0.25) is 11.7 Å². The first kappa shape index (κ1) is 16.7. The van der Waals surface area contributed by atoms with Crippen molar-refractivity contribution >= 4 is 33.2 Å². The first-order chi connectivity index (χ1) is 12.0. The summed E-state index contributed by atoms with van der Waals surface area (Å²) in [6.07, 6.45) is 0. The lowest BCUT2D eigenvalue weighted by Gasteiger charge is -2.04. The van der Waals surface area contributed by atoms with E-state index < -0.39 is 4.92 Å². The van der Waals surface area contributed by atoms with Crippen molar-refractivity contribution in [3.8, 4) is 11.4 Å². The molecule has 0 saturated heterocycles. The van der Waals surface area contributed by atoms with Crippen LogP contribution in [0.5, 0.6) is 0 Å². The van der Waals surface area contributed by atoms with Crippen molar-refractivity contribution in [2.24, 2.45) is 0 Å². The first-order valence-corrected chi connectivity index (χ1v) is 7.88. The molecule has 0 radical (unpaired) electrons. The van der Waals surface area contributed by atoms with Crippen LogP contribution < -0.4 is 5.32 Å². The molecular formula is C15H11BrN6O3. The van der Waals surface area contributed by atoms with Crippen LogP contribution in [0.3, 0.4) is 0 Å². The van der Waals surface area contributed by atoms with Crippen LogP contribution in [-0.4, -0.2) is 31.0 Å². The molecule has 0 unspecified atom stereocenters. The van der Waals surface area contributed by atoms with Crippen LogP contribution in [0.4, 0.5) is 11.4 Å². The molecule has 25 heavy (non-hydrogen) atoms. The topological polar surface area (TPSA) is 116 Å². The second-order valence-corrected chi connectivity index (χ2v) is 5.92. The number of anilines is 1. The third kappa shape index (κ3) is 4.23. The fourth-order valence-corrected chi connectivity index (χ4v) is 2.28. The third-order valence-corrected chi connectivity index (χ3v) is 3.73. The molecule has 0 saturated carbocycles. The molecule has 3 rings (SSSR count). The average molecular weight is 403 g/mol. The fourth-order valence-electron chi connectivity index (χ4n) is 2.02. The van der Waals surface area contributed by atoms with E-state index in [9.17, 15) is 14.9 Å². The van der Waals surface area contributed by atoms with Gasteiger partial charge in [0.05, 0.1) is 4.92 Å². The van der Waals surface area contributed by atoms with Gasteiger partial charge in [-0.15, -0.1) is 10.2 Å². The maximum Gasteiger partial charge on any atom is 0.269 e. The van der Waals surface area contributed by atoms with Gasteiger partial charge in [0, 0.05) is 27.9 Å².